The van der Waals surface area contributed by atoms with Crippen LogP contribution >= 0.6 is 0 Å². The number of halogens is 4. The molecule has 31 heavy (non-hydrogen) atoms. The zero-order valence-corrected chi connectivity index (χ0v) is 18.2. The molecule has 1 aliphatic heterocycles. The van der Waals surface area contributed by atoms with Crippen molar-refractivity contribution in [3.05, 3.63) is 59.4 Å². The molecule has 1 fully saturated rings. The SMILES string of the molecule is CC1(S(=O)(=O)c2cccc(C(F)(F)F)c2)CCOC(c2cc(F)cc(S(C)(=O)=O)c2)C1. The van der Waals surface area contributed by atoms with E-state index in [1.54, 1.807) is 0 Å². The van der Waals surface area contributed by atoms with E-state index < -0.39 is 53.0 Å². The largest absolute Gasteiger partial charge is 0.416 e. The molecule has 11 heteroatoms. The van der Waals surface area contributed by atoms with Gasteiger partial charge in [-0.15, -0.1) is 0 Å². The summed E-state index contributed by atoms with van der Waals surface area (Å²) in [5, 5.41) is 0. The monoisotopic (exact) mass is 480 g/mol. The maximum absolute atomic E-state index is 14.0. The molecule has 0 radical (unpaired) electrons. The second-order valence-electron chi connectivity index (χ2n) is 7.78. The van der Waals surface area contributed by atoms with Gasteiger partial charge in [0.2, 0.25) is 0 Å². The molecule has 170 valence electrons. The molecule has 2 unspecified atom stereocenters. The number of alkyl halides is 3. The lowest BCUT2D eigenvalue weighted by Gasteiger charge is -2.38. The predicted molar refractivity (Wildman–Crippen MR) is 104 cm³/mol. The van der Waals surface area contributed by atoms with Gasteiger partial charge in [-0.05, 0) is 61.7 Å². The van der Waals surface area contributed by atoms with Crippen molar-refractivity contribution < 1.29 is 39.1 Å². The van der Waals surface area contributed by atoms with Crippen molar-refractivity contribution in [2.45, 2.75) is 46.6 Å². The van der Waals surface area contributed by atoms with Gasteiger partial charge in [0.25, 0.3) is 0 Å². The molecule has 2 aromatic rings. The Hall–Kier alpha value is -1.98. The molecule has 1 heterocycles. The number of hydrogen-bond donors (Lipinski definition) is 0. The lowest BCUT2D eigenvalue weighted by Crippen LogP contribution is -2.42. The van der Waals surface area contributed by atoms with Crippen LogP contribution in [0.1, 0.15) is 37.0 Å². The molecule has 0 bridgehead atoms. The number of hydrogen-bond acceptors (Lipinski definition) is 5. The summed E-state index contributed by atoms with van der Waals surface area (Å²) in [5.41, 5.74) is -0.936. The average molecular weight is 481 g/mol. The van der Waals surface area contributed by atoms with Crippen LogP contribution in [0.15, 0.2) is 52.3 Å². The van der Waals surface area contributed by atoms with E-state index >= 15 is 0 Å². The van der Waals surface area contributed by atoms with Crippen LogP contribution in [0.2, 0.25) is 0 Å². The molecule has 2 aromatic carbocycles. The van der Waals surface area contributed by atoms with Crippen molar-refractivity contribution in [3.8, 4) is 0 Å². The van der Waals surface area contributed by atoms with Crippen LogP contribution in [0, 0.1) is 5.82 Å². The van der Waals surface area contributed by atoms with Gasteiger partial charge in [0.1, 0.15) is 5.82 Å². The Morgan fingerprint density at radius 3 is 2.32 bits per heavy atom. The highest BCUT2D eigenvalue weighted by molar-refractivity contribution is 7.92. The van der Waals surface area contributed by atoms with Crippen molar-refractivity contribution in [1.29, 1.82) is 0 Å². The van der Waals surface area contributed by atoms with Gasteiger partial charge in [0.05, 0.1) is 26.2 Å². The summed E-state index contributed by atoms with van der Waals surface area (Å²) in [6.45, 7) is 1.35. The Morgan fingerprint density at radius 1 is 1.03 bits per heavy atom. The highest BCUT2D eigenvalue weighted by Crippen LogP contribution is 2.43. The van der Waals surface area contributed by atoms with Crippen molar-refractivity contribution in [2.75, 3.05) is 12.9 Å². The van der Waals surface area contributed by atoms with Gasteiger partial charge in [0.15, 0.2) is 19.7 Å². The molecule has 1 aliphatic rings. The Bertz CT molecular complexity index is 1210. The summed E-state index contributed by atoms with van der Waals surface area (Å²) in [6, 6.07) is 6.63. The van der Waals surface area contributed by atoms with E-state index in [-0.39, 0.29) is 29.9 Å². The van der Waals surface area contributed by atoms with E-state index in [2.05, 4.69) is 0 Å². The van der Waals surface area contributed by atoms with Gasteiger partial charge in [-0.1, -0.05) is 6.07 Å². The summed E-state index contributed by atoms with van der Waals surface area (Å²) in [7, 11) is -7.95. The molecule has 0 amide bonds. The van der Waals surface area contributed by atoms with Gasteiger partial charge >= 0.3 is 6.18 Å². The first-order chi connectivity index (χ1) is 14.1. The van der Waals surface area contributed by atoms with Gasteiger partial charge in [-0.3, -0.25) is 0 Å². The minimum Gasteiger partial charge on any atom is -0.373 e. The fourth-order valence-electron chi connectivity index (χ4n) is 3.54. The molecule has 0 saturated carbocycles. The third-order valence-corrected chi connectivity index (χ3v) is 9.02. The maximum atomic E-state index is 14.0. The summed E-state index contributed by atoms with van der Waals surface area (Å²) >= 11 is 0. The van der Waals surface area contributed by atoms with Gasteiger partial charge in [-0.2, -0.15) is 13.2 Å². The minimum atomic E-state index is -4.70. The normalized spacial score (nSPS) is 23.0. The van der Waals surface area contributed by atoms with Crippen molar-refractivity contribution in [3.63, 3.8) is 0 Å². The third kappa shape index (κ3) is 4.78. The molecule has 3 rings (SSSR count). The average Bonchev–Trinajstić information content (AvgIpc) is 2.66. The quantitative estimate of drug-likeness (QED) is 0.609. The molecule has 0 aliphatic carbocycles. The summed E-state index contributed by atoms with van der Waals surface area (Å²) in [6.07, 6.45) is -4.91. The second-order valence-corrected chi connectivity index (χ2v) is 12.3. The third-order valence-electron chi connectivity index (χ3n) is 5.38. The standard InChI is InChI=1S/C20H20F4O5S2/c1-19(31(27,28)16-5-3-4-14(10-16)20(22,23)24)6-7-29-18(12-19)13-8-15(21)11-17(9-13)30(2,25)26/h3-5,8-11,18H,6-7,12H2,1-2H3. The second kappa shape index (κ2) is 7.86. The minimum absolute atomic E-state index is 0.0102. The molecule has 1 saturated heterocycles. The molecular weight excluding hydrogens is 460 g/mol. The van der Waals surface area contributed by atoms with Crippen molar-refractivity contribution in [1.82, 2.24) is 0 Å². The van der Waals surface area contributed by atoms with Crippen molar-refractivity contribution >= 4 is 19.7 Å². The van der Waals surface area contributed by atoms with E-state index in [0.29, 0.717) is 6.07 Å². The van der Waals surface area contributed by atoms with Gasteiger partial charge < -0.3 is 4.74 Å². The summed E-state index contributed by atoms with van der Waals surface area (Å²) in [4.78, 5) is -0.749. The number of ether oxygens (including phenoxy) is 1. The highest BCUT2D eigenvalue weighted by Gasteiger charge is 2.46. The number of sulfone groups is 2. The number of benzene rings is 2. The van der Waals surface area contributed by atoms with Crippen LogP contribution in [0.3, 0.4) is 0 Å². The molecule has 5 nitrogen and oxygen atoms in total. The first-order valence-corrected chi connectivity index (χ1v) is 12.5. The molecule has 0 aromatic heterocycles. The highest BCUT2D eigenvalue weighted by atomic mass is 32.2. The first kappa shape index (κ1) is 23.7. The zero-order valence-electron chi connectivity index (χ0n) is 16.6. The summed E-state index contributed by atoms with van der Waals surface area (Å²) in [5.74, 6) is -0.825. The number of rotatable bonds is 4. The van der Waals surface area contributed by atoms with Crippen LogP contribution in [-0.4, -0.2) is 34.4 Å². The maximum Gasteiger partial charge on any atom is 0.416 e. The van der Waals surface area contributed by atoms with E-state index in [0.717, 1.165) is 36.6 Å². The van der Waals surface area contributed by atoms with Crippen LogP contribution < -0.4 is 0 Å². The summed E-state index contributed by atoms with van der Waals surface area (Å²) < 4.78 is 107. The Morgan fingerprint density at radius 2 is 1.71 bits per heavy atom. The van der Waals surface area contributed by atoms with Crippen molar-refractivity contribution in [2.24, 2.45) is 0 Å². The fourth-order valence-corrected chi connectivity index (χ4v) is 6.05. The van der Waals surface area contributed by atoms with E-state index in [4.69, 9.17) is 4.74 Å². The van der Waals surface area contributed by atoms with Gasteiger partial charge in [0, 0.05) is 12.9 Å². The molecule has 0 spiro atoms. The van der Waals surface area contributed by atoms with Gasteiger partial charge in [-0.25, -0.2) is 21.2 Å². The Balaban J connectivity index is 2.00. The predicted octanol–water partition coefficient (Wildman–Crippen LogP) is 4.33. The van der Waals surface area contributed by atoms with Crippen LogP contribution in [0.25, 0.3) is 0 Å². The molecule has 2 atom stereocenters. The van der Waals surface area contributed by atoms with E-state index in [1.165, 1.54) is 13.0 Å². The smallest absolute Gasteiger partial charge is 0.373 e. The zero-order chi connectivity index (χ0) is 23.2. The van der Waals surface area contributed by atoms with Crippen LogP contribution in [0.5, 0.6) is 0 Å². The van der Waals surface area contributed by atoms with E-state index in [1.807, 2.05) is 0 Å². The molecule has 0 N–H and O–H groups in total. The fraction of sp³-hybridized carbons (Fsp3) is 0.400. The molecular formula is C20H20F4O5S2. The van der Waals surface area contributed by atoms with Crippen LogP contribution in [0.4, 0.5) is 17.6 Å². The van der Waals surface area contributed by atoms with E-state index in [9.17, 15) is 34.4 Å². The Kier molecular flexibility index (Phi) is 6.00. The van der Waals surface area contributed by atoms with Crippen LogP contribution in [-0.2, 0) is 30.6 Å². The topological polar surface area (TPSA) is 77.5 Å². The lowest BCUT2D eigenvalue weighted by atomic mass is 9.92. The lowest BCUT2D eigenvalue weighted by molar-refractivity contribution is -0.137. The Labute approximate surface area is 177 Å². The first-order valence-electron chi connectivity index (χ1n) is 9.18.